The molecule has 1 aliphatic heterocycles. The highest BCUT2D eigenvalue weighted by molar-refractivity contribution is 8.19. The predicted octanol–water partition coefficient (Wildman–Crippen LogP) is 5.98. The number of para-hydroxylation sites is 1. The topological polar surface area (TPSA) is 50.5 Å². The Labute approximate surface area is 163 Å². The van der Waals surface area contributed by atoms with Gasteiger partial charge in [0.1, 0.15) is 17.3 Å². The van der Waals surface area contributed by atoms with E-state index in [1.54, 1.807) is 36.4 Å². The first kappa shape index (κ1) is 17.6. The molecule has 2 amide bonds. The molecule has 0 unspecified atom stereocenters. The van der Waals surface area contributed by atoms with Crippen LogP contribution in [0.2, 0.25) is 5.02 Å². The molecule has 2 heterocycles. The molecular weight excluding hydrogens is 389 g/mol. The van der Waals surface area contributed by atoms with Gasteiger partial charge in [0.25, 0.3) is 11.1 Å². The Kier molecular flexibility index (Phi) is 4.59. The van der Waals surface area contributed by atoms with Gasteiger partial charge in [0, 0.05) is 16.7 Å². The van der Waals surface area contributed by atoms with Crippen LogP contribution in [0.4, 0.5) is 14.9 Å². The summed E-state index contributed by atoms with van der Waals surface area (Å²) in [6.45, 7) is 0. The Morgan fingerprint density at radius 3 is 2.63 bits per heavy atom. The van der Waals surface area contributed by atoms with Crippen molar-refractivity contribution < 1.29 is 18.4 Å². The number of carbonyl (C=O) groups excluding carboxylic acids is 2. The van der Waals surface area contributed by atoms with Gasteiger partial charge in [-0.25, -0.2) is 9.29 Å². The second-order valence-corrected chi connectivity index (χ2v) is 7.11. The maximum atomic E-state index is 14.0. The Balaban J connectivity index is 1.63. The van der Waals surface area contributed by atoms with Crippen LogP contribution in [-0.4, -0.2) is 11.1 Å². The maximum absolute atomic E-state index is 14.0. The monoisotopic (exact) mass is 399 g/mol. The Hall–Kier alpha value is -2.83. The summed E-state index contributed by atoms with van der Waals surface area (Å²) in [6.07, 6.45) is 1.47. The largest absolute Gasteiger partial charge is 0.457 e. The molecule has 0 bridgehead atoms. The summed E-state index contributed by atoms with van der Waals surface area (Å²) in [7, 11) is 0. The lowest BCUT2D eigenvalue weighted by Crippen LogP contribution is -2.28. The van der Waals surface area contributed by atoms with Crippen molar-refractivity contribution in [3.05, 3.63) is 82.2 Å². The van der Waals surface area contributed by atoms with Gasteiger partial charge in [-0.15, -0.1) is 0 Å². The van der Waals surface area contributed by atoms with Crippen LogP contribution < -0.4 is 4.90 Å². The van der Waals surface area contributed by atoms with Gasteiger partial charge in [0.15, 0.2) is 0 Å². The molecule has 0 aliphatic carbocycles. The Morgan fingerprint density at radius 1 is 1.04 bits per heavy atom. The molecule has 1 aromatic heterocycles. The summed E-state index contributed by atoms with van der Waals surface area (Å²) >= 11 is 6.72. The highest BCUT2D eigenvalue weighted by atomic mass is 35.5. The molecule has 1 fully saturated rings. The molecule has 27 heavy (non-hydrogen) atoms. The summed E-state index contributed by atoms with van der Waals surface area (Å²) in [6, 6.07) is 16.3. The third kappa shape index (κ3) is 3.41. The number of carbonyl (C=O) groups is 2. The van der Waals surface area contributed by atoms with Gasteiger partial charge in [-0.1, -0.05) is 35.9 Å². The number of anilines is 1. The van der Waals surface area contributed by atoms with Gasteiger partial charge in [-0.3, -0.25) is 9.59 Å². The molecule has 134 valence electrons. The van der Waals surface area contributed by atoms with Crippen LogP contribution in [0.1, 0.15) is 5.76 Å². The van der Waals surface area contributed by atoms with Crippen LogP contribution in [0, 0.1) is 5.82 Å². The lowest BCUT2D eigenvalue weighted by atomic mass is 10.2. The van der Waals surface area contributed by atoms with E-state index < -0.39 is 17.0 Å². The first-order chi connectivity index (χ1) is 13.0. The van der Waals surface area contributed by atoms with Crippen molar-refractivity contribution in [1.82, 2.24) is 0 Å². The van der Waals surface area contributed by atoms with E-state index in [4.69, 9.17) is 16.0 Å². The first-order valence-corrected chi connectivity index (χ1v) is 9.10. The van der Waals surface area contributed by atoms with Crippen molar-refractivity contribution in [2.45, 2.75) is 0 Å². The standard InChI is InChI=1S/C20H11ClFNO3S/c21-13-5-3-4-12(10-13)17-9-8-14(26-17)11-18-19(24)23(20(25)27-18)16-7-2-1-6-15(16)22/h1-11H/b18-11+. The van der Waals surface area contributed by atoms with Gasteiger partial charge in [0.2, 0.25) is 0 Å². The van der Waals surface area contributed by atoms with Crippen LogP contribution in [0.5, 0.6) is 0 Å². The quantitative estimate of drug-likeness (QED) is 0.508. The molecule has 4 nitrogen and oxygen atoms in total. The van der Waals surface area contributed by atoms with Crippen molar-refractivity contribution in [3.8, 4) is 11.3 Å². The number of halogens is 2. The molecule has 7 heteroatoms. The SMILES string of the molecule is O=C1S/C(=C/c2ccc(-c3cccc(Cl)c3)o2)C(=O)N1c1ccccc1F. The van der Waals surface area contributed by atoms with E-state index in [1.165, 1.54) is 24.3 Å². The van der Waals surface area contributed by atoms with Crippen LogP contribution in [0.15, 0.2) is 70.0 Å². The number of rotatable bonds is 3. The van der Waals surface area contributed by atoms with E-state index in [2.05, 4.69) is 0 Å². The van der Waals surface area contributed by atoms with Gasteiger partial charge in [-0.2, -0.15) is 0 Å². The lowest BCUT2D eigenvalue weighted by molar-refractivity contribution is -0.113. The minimum atomic E-state index is -0.637. The fraction of sp³-hybridized carbons (Fsp3) is 0. The minimum Gasteiger partial charge on any atom is -0.457 e. The summed E-state index contributed by atoms with van der Waals surface area (Å²) in [4.78, 5) is 25.8. The van der Waals surface area contributed by atoms with E-state index in [1.807, 2.05) is 6.07 Å². The number of imide groups is 1. The number of furan rings is 1. The van der Waals surface area contributed by atoms with Crippen molar-refractivity contribution in [1.29, 1.82) is 0 Å². The number of hydrogen-bond acceptors (Lipinski definition) is 4. The summed E-state index contributed by atoms with van der Waals surface area (Å²) < 4.78 is 19.7. The van der Waals surface area contributed by atoms with Crippen LogP contribution >= 0.6 is 23.4 Å². The molecule has 0 saturated carbocycles. The molecule has 0 spiro atoms. The normalized spacial score (nSPS) is 15.8. The number of benzene rings is 2. The molecule has 0 N–H and O–H groups in total. The van der Waals surface area contributed by atoms with E-state index in [0.717, 1.165) is 22.2 Å². The molecule has 2 aromatic carbocycles. The van der Waals surface area contributed by atoms with E-state index in [0.29, 0.717) is 16.5 Å². The first-order valence-electron chi connectivity index (χ1n) is 7.91. The molecular formula is C20H11ClFNO3S. The highest BCUT2D eigenvalue weighted by Gasteiger charge is 2.37. The van der Waals surface area contributed by atoms with Crippen LogP contribution in [0.25, 0.3) is 17.4 Å². The zero-order chi connectivity index (χ0) is 19.0. The van der Waals surface area contributed by atoms with Gasteiger partial charge in [0.05, 0.1) is 10.6 Å². The van der Waals surface area contributed by atoms with Crippen molar-refractivity contribution in [3.63, 3.8) is 0 Å². The average molecular weight is 400 g/mol. The van der Waals surface area contributed by atoms with Crippen molar-refractivity contribution in [2.75, 3.05) is 4.90 Å². The fourth-order valence-corrected chi connectivity index (χ4v) is 3.67. The summed E-state index contributed by atoms with van der Waals surface area (Å²) in [5.41, 5.74) is 0.726. The number of hydrogen-bond donors (Lipinski definition) is 0. The number of nitrogens with zero attached hydrogens (tertiary/aromatic N) is 1. The second kappa shape index (κ2) is 7.06. The van der Waals surface area contributed by atoms with Gasteiger partial charge < -0.3 is 4.42 Å². The van der Waals surface area contributed by atoms with Gasteiger partial charge in [-0.05, 0) is 48.2 Å². The van der Waals surface area contributed by atoms with Crippen molar-refractivity contribution >= 4 is 46.3 Å². The van der Waals surface area contributed by atoms with E-state index in [9.17, 15) is 14.0 Å². The van der Waals surface area contributed by atoms with E-state index >= 15 is 0 Å². The number of amides is 2. The molecule has 0 atom stereocenters. The van der Waals surface area contributed by atoms with Gasteiger partial charge >= 0.3 is 0 Å². The third-order valence-corrected chi connectivity index (χ3v) is 5.00. The Morgan fingerprint density at radius 2 is 1.85 bits per heavy atom. The predicted molar refractivity (Wildman–Crippen MR) is 104 cm³/mol. The Bertz CT molecular complexity index is 1090. The second-order valence-electron chi connectivity index (χ2n) is 5.68. The maximum Gasteiger partial charge on any atom is 0.298 e. The molecule has 0 radical (unpaired) electrons. The molecule has 4 rings (SSSR count). The molecule has 3 aromatic rings. The minimum absolute atomic E-state index is 0.0672. The van der Waals surface area contributed by atoms with Crippen LogP contribution in [-0.2, 0) is 4.79 Å². The van der Waals surface area contributed by atoms with Crippen molar-refractivity contribution in [2.24, 2.45) is 0 Å². The van der Waals surface area contributed by atoms with E-state index in [-0.39, 0.29) is 10.6 Å². The zero-order valence-electron chi connectivity index (χ0n) is 13.7. The lowest BCUT2D eigenvalue weighted by Gasteiger charge is -2.12. The number of thioether (sulfide) groups is 1. The average Bonchev–Trinajstić information content (AvgIpc) is 3.21. The smallest absolute Gasteiger partial charge is 0.298 e. The van der Waals surface area contributed by atoms with Crippen LogP contribution in [0.3, 0.4) is 0 Å². The zero-order valence-corrected chi connectivity index (χ0v) is 15.3. The molecule has 1 saturated heterocycles. The highest BCUT2D eigenvalue weighted by Crippen LogP contribution is 2.37. The fourth-order valence-electron chi connectivity index (χ4n) is 2.66. The molecule has 1 aliphatic rings. The summed E-state index contributed by atoms with van der Waals surface area (Å²) in [5.74, 6) is -0.237. The third-order valence-electron chi connectivity index (χ3n) is 3.90. The summed E-state index contributed by atoms with van der Waals surface area (Å²) in [5, 5.41) is 0.0226.